The molecule has 5 aliphatic rings. The first kappa shape index (κ1) is 56.1. The van der Waals surface area contributed by atoms with E-state index < -0.39 is 6.48 Å². The molecule has 0 amide bonds. The Bertz CT molecular complexity index is 1350. The van der Waals surface area contributed by atoms with Crippen molar-refractivity contribution >= 4 is 0 Å². The number of hydrogen-bond donors (Lipinski definition) is 1. The molecule has 4 fully saturated rings. The second-order valence-electron chi connectivity index (χ2n) is 23.6. The van der Waals surface area contributed by atoms with Gasteiger partial charge in [-0.15, -0.1) is 0 Å². The topological polar surface area (TPSA) is 69.6 Å². The van der Waals surface area contributed by atoms with Gasteiger partial charge in [0.2, 0.25) is 0 Å². The Balaban J connectivity index is 0.914. The van der Waals surface area contributed by atoms with Crippen LogP contribution in [0, 0.1) is 45.8 Å². The van der Waals surface area contributed by atoms with Gasteiger partial charge >= 0.3 is 0 Å². The Labute approximate surface area is 408 Å². The summed E-state index contributed by atoms with van der Waals surface area (Å²) in [6.45, 7) is 22.4. The van der Waals surface area contributed by atoms with Crippen LogP contribution >= 0.6 is 0 Å². The summed E-state index contributed by atoms with van der Waals surface area (Å²) in [5.41, 5.74) is 2.81. The average Bonchev–Trinajstić information content (AvgIpc) is 3.66. The van der Waals surface area contributed by atoms with Gasteiger partial charge in [-0.1, -0.05) is 156 Å². The zero-order valence-electron chi connectivity index (χ0n) is 44.4. The highest BCUT2D eigenvalue weighted by atomic mass is 16.8. The maximum absolute atomic E-state index is 10.5. The molecular formula is C59H107NO6. The Kier molecular flexibility index (Phi) is 25.6. The van der Waals surface area contributed by atoms with E-state index in [2.05, 4.69) is 71.6 Å². The van der Waals surface area contributed by atoms with Gasteiger partial charge in [-0.3, -0.25) is 0 Å². The van der Waals surface area contributed by atoms with E-state index in [1.807, 2.05) is 0 Å². The normalized spacial score (nSPS) is 30.6. The fraction of sp³-hybridized carbons (Fsp3) is 0.932. The fourth-order valence-electron chi connectivity index (χ4n) is 14.2. The minimum atomic E-state index is -1.27. The number of likely N-dealkylation sites (tertiary alicyclic amines) is 1. The molecule has 384 valence electrons. The number of nitrogens with zero attached hydrogens (tertiary/aromatic N) is 1. The number of hydrogen-bond acceptors (Lipinski definition) is 7. The monoisotopic (exact) mass is 926 g/mol. The zero-order chi connectivity index (χ0) is 47.1. The molecule has 0 spiro atoms. The lowest BCUT2D eigenvalue weighted by atomic mass is 9.40. The highest BCUT2D eigenvalue weighted by Crippen LogP contribution is 2.72. The molecule has 5 rings (SSSR count). The van der Waals surface area contributed by atoms with Crippen LogP contribution in [0.5, 0.6) is 0 Å². The van der Waals surface area contributed by atoms with Crippen LogP contribution in [0.3, 0.4) is 0 Å². The Morgan fingerprint density at radius 3 is 2.08 bits per heavy atom. The number of aliphatic hydroxyl groups excluding tert-OH is 1. The summed E-state index contributed by atoms with van der Waals surface area (Å²) in [4.78, 5) is 2.51. The summed E-state index contributed by atoms with van der Waals surface area (Å²) >= 11 is 0. The quantitative estimate of drug-likeness (QED) is 0.0386. The summed E-state index contributed by atoms with van der Waals surface area (Å²) in [5, 5.41) is 10.5. The molecule has 10 atom stereocenters. The first-order chi connectivity index (χ1) is 32.0. The molecule has 0 bridgehead atoms. The Morgan fingerprint density at radius 1 is 0.697 bits per heavy atom. The van der Waals surface area contributed by atoms with Crippen molar-refractivity contribution in [2.45, 2.75) is 247 Å². The lowest BCUT2D eigenvalue weighted by molar-refractivity contribution is -0.271. The highest BCUT2D eigenvalue weighted by molar-refractivity contribution is 5.29. The summed E-state index contributed by atoms with van der Waals surface area (Å²) < 4.78 is 30.2. The standard InChI is InChI=1S/C59H107NO6/c1-8-9-10-11-12-13-14-15-16-17-18-19-20-21-22-26-40-62-47-52(46-60-38-24-23-25-39-60)64-42-44-66-56(61)65-43-41-63-51-34-35-58(6)50(45-51)30-31-55-54-33-32-53(49(4)29-27-28-48(2)3)57(54,5)36-37-59(55,58)7/h15-16,30,48-49,51-56,61H,8-14,17-29,31-47H2,1-7H3/b16-15-/t49-,51?,52?,53?,54-,55?,56?,57?,58?,59-/m0/s1. The number of ether oxygens (including phenoxy) is 5. The molecule has 0 aromatic heterocycles. The fourth-order valence-corrected chi connectivity index (χ4v) is 14.2. The average molecular weight is 927 g/mol. The molecule has 1 heterocycles. The lowest BCUT2D eigenvalue weighted by Crippen LogP contribution is -2.57. The minimum Gasteiger partial charge on any atom is -0.379 e. The summed E-state index contributed by atoms with van der Waals surface area (Å²) in [5.74, 6) is 4.25. The summed E-state index contributed by atoms with van der Waals surface area (Å²) in [7, 11) is 0. The van der Waals surface area contributed by atoms with Crippen LogP contribution in [-0.2, 0) is 23.7 Å². The van der Waals surface area contributed by atoms with Crippen molar-refractivity contribution in [1.82, 2.24) is 4.90 Å². The van der Waals surface area contributed by atoms with Crippen molar-refractivity contribution in [3.63, 3.8) is 0 Å². The number of rotatable bonds is 35. The van der Waals surface area contributed by atoms with Crippen LogP contribution in [0.15, 0.2) is 23.8 Å². The van der Waals surface area contributed by atoms with Gasteiger partial charge in [-0.25, -0.2) is 0 Å². The molecule has 1 N–H and O–H groups in total. The predicted molar refractivity (Wildman–Crippen MR) is 276 cm³/mol. The van der Waals surface area contributed by atoms with E-state index in [0.717, 1.165) is 75.1 Å². The van der Waals surface area contributed by atoms with Gasteiger partial charge in [-0.05, 0) is 155 Å². The van der Waals surface area contributed by atoms with Crippen molar-refractivity contribution in [2.75, 3.05) is 59.3 Å². The first-order valence-electron chi connectivity index (χ1n) is 28.8. The molecule has 66 heavy (non-hydrogen) atoms. The SMILES string of the molecule is CCCCCCCC/C=C\CCCCCCCCOCC(CN1CCCCC1)OCCOC(O)OCCOC1CCC2(C)C(=CCC3[C@@H]4CCC([C@@H](C)CCCC(C)C)C4(C)CC[C@@]32C)C1. The van der Waals surface area contributed by atoms with Gasteiger partial charge in [0.15, 0.2) is 0 Å². The number of unbranched alkanes of at least 4 members (excludes halogenated alkanes) is 12. The summed E-state index contributed by atoms with van der Waals surface area (Å²) in [6.07, 6.45) is 44.4. The van der Waals surface area contributed by atoms with Crippen molar-refractivity contribution in [3.05, 3.63) is 23.8 Å². The lowest BCUT2D eigenvalue weighted by Gasteiger charge is -2.64. The maximum Gasteiger partial charge on any atom is 0.269 e. The number of piperidine rings is 1. The molecule has 7 unspecified atom stereocenters. The van der Waals surface area contributed by atoms with E-state index >= 15 is 0 Å². The first-order valence-corrected chi connectivity index (χ1v) is 28.8. The number of allylic oxidation sites excluding steroid dienone is 3. The smallest absolute Gasteiger partial charge is 0.269 e. The molecule has 0 aromatic carbocycles. The van der Waals surface area contributed by atoms with E-state index in [4.69, 9.17) is 23.7 Å². The van der Waals surface area contributed by atoms with Crippen LogP contribution in [0.25, 0.3) is 0 Å². The molecule has 1 saturated heterocycles. The van der Waals surface area contributed by atoms with Gasteiger partial charge in [0, 0.05) is 13.2 Å². The van der Waals surface area contributed by atoms with Crippen LogP contribution < -0.4 is 0 Å². The third-order valence-electron chi connectivity index (χ3n) is 18.5. The van der Waals surface area contributed by atoms with Crippen LogP contribution in [-0.4, -0.2) is 88.0 Å². The van der Waals surface area contributed by atoms with Gasteiger partial charge in [-0.2, -0.15) is 0 Å². The largest absolute Gasteiger partial charge is 0.379 e. The van der Waals surface area contributed by atoms with E-state index in [0.29, 0.717) is 37.3 Å². The van der Waals surface area contributed by atoms with Crippen LogP contribution in [0.2, 0.25) is 0 Å². The molecule has 0 aromatic rings. The third kappa shape index (κ3) is 17.2. The van der Waals surface area contributed by atoms with E-state index in [1.165, 1.54) is 161 Å². The molecule has 7 heteroatoms. The third-order valence-corrected chi connectivity index (χ3v) is 18.5. The Hall–Kier alpha value is -0.800. The van der Waals surface area contributed by atoms with Gasteiger partial charge in [0.1, 0.15) is 0 Å². The van der Waals surface area contributed by atoms with E-state index in [1.54, 1.807) is 5.57 Å². The molecule has 3 saturated carbocycles. The molecule has 4 aliphatic carbocycles. The van der Waals surface area contributed by atoms with Crippen LogP contribution in [0.4, 0.5) is 0 Å². The van der Waals surface area contributed by atoms with E-state index in [-0.39, 0.29) is 24.2 Å². The van der Waals surface area contributed by atoms with Crippen LogP contribution in [0.1, 0.15) is 228 Å². The van der Waals surface area contributed by atoms with Crippen molar-refractivity contribution in [2.24, 2.45) is 45.8 Å². The van der Waals surface area contributed by atoms with E-state index in [9.17, 15) is 5.11 Å². The molecule has 1 aliphatic heterocycles. The predicted octanol–water partition coefficient (Wildman–Crippen LogP) is 15.0. The second kappa shape index (κ2) is 30.2. The number of aliphatic hydroxyl groups is 1. The van der Waals surface area contributed by atoms with Gasteiger partial charge < -0.3 is 33.7 Å². The van der Waals surface area contributed by atoms with Crippen molar-refractivity contribution in [1.29, 1.82) is 0 Å². The second-order valence-corrected chi connectivity index (χ2v) is 23.6. The minimum absolute atomic E-state index is 0.00356. The molecule has 7 nitrogen and oxygen atoms in total. The summed E-state index contributed by atoms with van der Waals surface area (Å²) in [6, 6.07) is 0. The van der Waals surface area contributed by atoms with Gasteiger partial charge in [0.25, 0.3) is 6.48 Å². The maximum atomic E-state index is 10.5. The number of fused-ring (bicyclic) bond motifs is 5. The molecule has 0 radical (unpaired) electrons. The van der Waals surface area contributed by atoms with Crippen molar-refractivity contribution < 1.29 is 28.8 Å². The Morgan fingerprint density at radius 2 is 1.36 bits per heavy atom. The van der Waals surface area contributed by atoms with Crippen molar-refractivity contribution in [3.8, 4) is 0 Å². The van der Waals surface area contributed by atoms with Gasteiger partial charge in [0.05, 0.1) is 45.2 Å². The highest BCUT2D eigenvalue weighted by Gasteiger charge is 2.64. The zero-order valence-corrected chi connectivity index (χ0v) is 44.4. The molecular weight excluding hydrogens is 819 g/mol.